The van der Waals surface area contributed by atoms with Crippen LogP contribution >= 0.6 is 0 Å². The third kappa shape index (κ3) is 2.97. The van der Waals surface area contributed by atoms with Gasteiger partial charge in [-0.15, -0.1) is 0 Å². The van der Waals surface area contributed by atoms with Crippen molar-refractivity contribution in [2.75, 3.05) is 0 Å². The molecule has 2 heterocycles. The van der Waals surface area contributed by atoms with Crippen molar-refractivity contribution in [1.82, 2.24) is 19.9 Å². The lowest BCUT2D eigenvalue weighted by molar-refractivity contribution is 0.927. The van der Waals surface area contributed by atoms with Crippen LogP contribution in [0.1, 0.15) is 11.6 Å². The fourth-order valence-corrected chi connectivity index (χ4v) is 2.17. The van der Waals surface area contributed by atoms with E-state index in [4.69, 9.17) is 0 Å². The van der Waals surface area contributed by atoms with E-state index >= 15 is 0 Å². The molecule has 0 saturated heterocycles. The maximum Gasteiger partial charge on any atom is 0.164 e. The van der Waals surface area contributed by atoms with Crippen LogP contribution < -0.4 is 5.46 Å². The third-order valence-corrected chi connectivity index (χ3v) is 3.23. The average molecular weight is 274 g/mol. The zero-order chi connectivity index (χ0) is 14.8. The van der Waals surface area contributed by atoms with Crippen molar-refractivity contribution >= 4 is 13.3 Å². The standard InChI is InChI=1S/C16H15BN4/c1-10-19-11(2)21-16(20-10)13-5-8-15(18-9-13)12-3-6-14(17)7-4-12/h3-9H,17H2,1-2H3. The molecular weight excluding hydrogens is 259 g/mol. The molecule has 0 aliphatic heterocycles. The Kier molecular flexibility index (Phi) is 3.48. The summed E-state index contributed by atoms with van der Waals surface area (Å²) in [7, 11) is 2.08. The van der Waals surface area contributed by atoms with Crippen LogP contribution in [-0.2, 0) is 0 Å². The van der Waals surface area contributed by atoms with E-state index in [1.165, 1.54) is 5.46 Å². The molecule has 0 atom stereocenters. The summed E-state index contributed by atoms with van der Waals surface area (Å²) in [6.45, 7) is 3.73. The second-order valence-corrected chi connectivity index (χ2v) is 5.05. The topological polar surface area (TPSA) is 51.6 Å². The fourth-order valence-electron chi connectivity index (χ4n) is 2.17. The van der Waals surface area contributed by atoms with Gasteiger partial charge >= 0.3 is 0 Å². The van der Waals surface area contributed by atoms with Gasteiger partial charge in [-0.25, -0.2) is 15.0 Å². The van der Waals surface area contributed by atoms with Gasteiger partial charge in [0, 0.05) is 17.3 Å². The van der Waals surface area contributed by atoms with Crippen molar-refractivity contribution in [3.8, 4) is 22.6 Å². The summed E-state index contributed by atoms with van der Waals surface area (Å²) < 4.78 is 0. The summed E-state index contributed by atoms with van der Waals surface area (Å²) in [5, 5.41) is 0. The average Bonchev–Trinajstić information content (AvgIpc) is 2.47. The molecule has 0 radical (unpaired) electrons. The molecule has 0 amide bonds. The number of pyridine rings is 1. The fraction of sp³-hybridized carbons (Fsp3) is 0.125. The summed E-state index contributed by atoms with van der Waals surface area (Å²) in [6.07, 6.45) is 1.81. The van der Waals surface area contributed by atoms with Gasteiger partial charge in [0.1, 0.15) is 19.5 Å². The first-order valence-electron chi connectivity index (χ1n) is 6.84. The first kappa shape index (κ1) is 13.4. The highest BCUT2D eigenvalue weighted by Crippen LogP contribution is 2.19. The number of aromatic nitrogens is 4. The van der Waals surface area contributed by atoms with E-state index in [9.17, 15) is 0 Å². The molecule has 0 bridgehead atoms. The van der Waals surface area contributed by atoms with Crippen molar-refractivity contribution in [3.63, 3.8) is 0 Å². The minimum atomic E-state index is 0.669. The molecule has 1 aromatic carbocycles. The third-order valence-electron chi connectivity index (χ3n) is 3.23. The van der Waals surface area contributed by atoms with E-state index in [0.29, 0.717) is 5.82 Å². The van der Waals surface area contributed by atoms with Crippen molar-refractivity contribution < 1.29 is 0 Å². The molecule has 4 nitrogen and oxygen atoms in total. The van der Waals surface area contributed by atoms with Gasteiger partial charge in [0.15, 0.2) is 5.82 Å². The van der Waals surface area contributed by atoms with Crippen LogP contribution in [0, 0.1) is 13.8 Å². The molecule has 3 aromatic rings. The predicted molar refractivity (Wildman–Crippen MR) is 86.1 cm³/mol. The zero-order valence-corrected chi connectivity index (χ0v) is 12.3. The second-order valence-electron chi connectivity index (χ2n) is 5.05. The maximum atomic E-state index is 4.51. The highest BCUT2D eigenvalue weighted by molar-refractivity contribution is 6.32. The summed E-state index contributed by atoms with van der Waals surface area (Å²) in [6, 6.07) is 12.3. The van der Waals surface area contributed by atoms with Crippen LogP contribution in [0.5, 0.6) is 0 Å². The number of aryl methyl sites for hydroxylation is 2. The van der Waals surface area contributed by atoms with Crippen molar-refractivity contribution in [2.24, 2.45) is 0 Å². The minimum Gasteiger partial charge on any atom is -0.255 e. The minimum absolute atomic E-state index is 0.669. The van der Waals surface area contributed by atoms with Crippen LogP contribution in [0.25, 0.3) is 22.6 Å². The summed E-state index contributed by atoms with van der Waals surface area (Å²) in [5.41, 5.74) is 4.20. The van der Waals surface area contributed by atoms with Gasteiger partial charge in [0.2, 0.25) is 0 Å². The molecule has 0 unspecified atom stereocenters. The van der Waals surface area contributed by atoms with Gasteiger partial charge in [-0.2, -0.15) is 0 Å². The number of rotatable bonds is 2. The van der Waals surface area contributed by atoms with Crippen LogP contribution in [0.2, 0.25) is 0 Å². The van der Waals surface area contributed by atoms with Gasteiger partial charge in [0.05, 0.1) is 5.69 Å². The van der Waals surface area contributed by atoms with Crippen LogP contribution in [0.4, 0.5) is 0 Å². The monoisotopic (exact) mass is 274 g/mol. The normalized spacial score (nSPS) is 10.6. The van der Waals surface area contributed by atoms with Crippen LogP contribution in [-0.4, -0.2) is 27.8 Å². The van der Waals surface area contributed by atoms with E-state index < -0.39 is 0 Å². The Hall–Kier alpha value is -2.56. The van der Waals surface area contributed by atoms with E-state index in [2.05, 4.69) is 52.0 Å². The second kappa shape index (κ2) is 5.44. The number of hydrogen-bond acceptors (Lipinski definition) is 4. The van der Waals surface area contributed by atoms with E-state index in [-0.39, 0.29) is 0 Å². The highest BCUT2D eigenvalue weighted by atomic mass is 15.0. The van der Waals surface area contributed by atoms with Gasteiger partial charge < -0.3 is 0 Å². The summed E-state index contributed by atoms with van der Waals surface area (Å²) >= 11 is 0. The molecule has 0 fully saturated rings. The Balaban J connectivity index is 1.95. The molecular formula is C16H15BN4. The molecule has 0 saturated carbocycles. The van der Waals surface area contributed by atoms with Gasteiger partial charge in [-0.3, -0.25) is 4.98 Å². The van der Waals surface area contributed by atoms with E-state index in [1.807, 2.05) is 32.2 Å². The predicted octanol–water partition coefficient (Wildman–Crippen LogP) is 1.48. The maximum absolute atomic E-state index is 4.51. The number of benzene rings is 1. The van der Waals surface area contributed by atoms with Crippen molar-refractivity contribution in [2.45, 2.75) is 13.8 Å². The first-order valence-corrected chi connectivity index (χ1v) is 6.84. The van der Waals surface area contributed by atoms with Gasteiger partial charge in [-0.1, -0.05) is 29.7 Å². The highest BCUT2D eigenvalue weighted by Gasteiger charge is 2.06. The molecule has 21 heavy (non-hydrogen) atoms. The lowest BCUT2D eigenvalue weighted by atomic mass is 9.95. The molecule has 0 N–H and O–H groups in total. The quantitative estimate of drug-likeness (QED) is 0.664. The summed E-state index contributed by atoms with van der Waals surface area (Å²) in [5.74, 6) is 2.11. The Morgan fingerprint density at radius 2 is 1.38 bits per heavy atom. The van der Waals surface area contributed by atoms with Crippen molar-refractivity contribution in [1.29, 1.82) is 0 Å². The molecule has 102 valence electrons. The lowest BCUT2D eigenvalue weighted by Gasteiger charge is -2.05. The van der Waals surface area contributed by atoms with E-state index in [1.54, 1.807) is 0 Å². The molecule has 5 heteroatoms. The lowest BCUT2D eigenvalue weighted by Crippen LogP contribution is -2.00. The first-order chi connectivity index (χ1) is 10.1. The van der Waals surface area contributed by atoms with Crippen LogP contribution in [0.15, 0.2) is 42.6 Å². The zero-order valence-electron chi connectivity index (χ0n) is 12.3. The van der Waals surface area contributed by atoms with Crippen LogP contribution in [0.3, 0.4) is 0 Å². The molecule has 2 aromatic heterocycles. The van der Waals surface area contributed by atoms with Gasteiger partial charge in [0.25, 0.3) is 0 Å². The summed E-state index contributed by atoms with van der Waals surface area (Å²) in [4.78, 5) is 17.4. The molecule has 0 aliphatic carbocycles. The largest absolute Gasteiger partial charge is 0.255 e. The number of nitrogens with zero attached hydrogens (tertiary/aromatic N) is 4. The number of hydrogen-bond donors (Lipinski definition) is 0. The van der Waals surface area contributed by atoms with E-state index in [0.717, 1.165) is 28.5 Å². The Labute approximate surface area is 124 Å². The SMILES string of the molecule is Bc1ccc(-c2ccc(-c3nc(C)nc(C)n3)cn2)cc1. The molecule has 0 aliphatic rings. The molecule has 0 spiro atoms. The molecule has 3 rings (SSSR count). The van der Waals surface area contributed by atoms with Crippen molar-refractivity contribution in [3.05, 3.63) is 54.2 Å². The Bertz CT molecular complexity index is 747. The smallest absolute Gasteiger partial charge is 0.164 e. The Morgan fingerprint density at radius 3 is 1.95 bits per heavy atom. The van der Waals surface area contributed by atoms with Gasteiger partial charge in [-0.05, 0) is 26.0 Å². The Morgan fingerprint density at radius 1 is 0.762 bits per heavy atom.